The van der Waals surface area contributed by atoms with Gasteiger partial charge in [-0.05, 0) is 24.3 Å². The molecular weight excluding hydrogens is 246 g/mol. The number of pyridine rings is 1. The summed E-state index contributed by atoms with van der Waals surface area (Å²) in [7, 11) is 3.81. The molecule has 0 atom stereocenters. The first kappa shape index (κ1) is 12.9. The maximum absolute atomic E-state index is 10.7. The molecule has 6 heteroatoms. The van der Waals surface area contributed by atoms with E-state index in [0.717, 1.165) is 11.5 Å². The number of carboxylic acid groups (broad SMARTS) is 1. The Morgan fingerprint density at radius 1 is 1.42 bits per heavy atom. The van der Waals surface area contributed by atoms with E-state index in [1.54, 1.807) is 12.3 Å². The van der Waals surface area contributed by atoms with Gasteiger partial charge in [-0.1, -0.05) is 0 Å². The largest absolute Gasteiger partial charge is 0.475 e. The van der Waals surface area contributed by atoms with Crippen LogP contribution in [0.3, 0.4) is 0 Å². The highest BCUT2D eigenvalue weighted by Crippen LogP contribution is 2.21. The summed E-state index contributed by atoms with van der Waals surface area (Å²) in [6, 6.07) is 6.82. The number of hydrogen-bond acceptors (Lipinski definition) is 5. The molecule has 100 valence electrons. The second-order valence-corrected chi connectivity index (χ2v) is 4.19. The number of nitrogens with one attached hydrogen (secondary N) is 1. The molecule has 0 aliphatic carbocycles. The molecule has 0 bridgehead atoms. The van der Waals surface area contributed by atoms with Crippen LogP contribution in [0, 0.1) is 0 Å². The maximum Gasteiger partial charge on any atom is 0.371 e. The van der Waals surface area contributed by atoms with Gasteiger partial charge in [-0.15, -0.1) is 0 Å². The summed E-state index contributed by atoms with van der Waals surface area (Å²) < 4.78 is 5.17. The van der Waals surface area contributed by atoms with Crippen LogP contribution in [0.4, 0.5) is 11.5 Å². The zero-order chi connectivity index (χ0) is 13.8. The summed E-state index contributed by atoms with van der Waals surface area (Å²) in [6.45, 7) is 0.403. The molecule has 0 saturated carbocycles. The van der Waals surface area contributed by atoms with Gasteiger partial charge in [0, 0.05) is 20.3 Å². The Morgan fingerprint density at radius 3 is 2.84 bits per heavy atom. The average molecular weight is 261 g/mol. The van der Waals surface area contributed by atoms with Crippen LogP contribution in [0.2, 0.25) is 0 Å². The molecule has 6 nitrogen and oxygen atoms in total. The molecule has 19 heavy (non-hydrogen) atoms. The molecule has 0 radical (unpaired) electrons. The van der Waals surface area contributed by atoms with Crippen LogP contribution in [0.25, 0.3) is 0 Å². The van der Waals surface area contributed by atoms with Gasteiger partial charge in [0.15, 0.2) is 5.82 Å². The van der Waals surface area contributed by atoms with Crippen molar-refractivity contribution in [1.82, 2.24) is 4.98 Å². The van der Waals surface area contributed by atoms with Crippen molar-refractivity contribution >= 4 is 17.5 Å². The molecule has 0 aliphatic rings. The topological polar surface area (TPSA) is 78.6 Å². The van der Waals surface area contributed by atoms with Gasteiger partial charge in [0.05, 0.1) is 12.2 Å². The molecule has 0 aliphatic heterocycles. The summed E-state index contributed by atoms with van der Waals surface area (Å²) in [5, 5.41) is 11.9. The average Bonchev–Trinajstić information content (AvgIpc) is 2.85. The lowest BCUT2D eigenvalue weighted by Crippen LogP contribution is -2.13. The van der Waals surface area contributed by atoms with Crippen molar-refractivity contribution in [3.05, 3.63) is 42.0 Å². The van der Waals surface area contributed by atoms with Crippen LogP contribution in [0.5, 0.6) is 0 Å². The normalized spacial score (nSPS) is 10.2. The number of rotatable bonds is 5. The molecular formula is C13H15N3O3. The summed E-state index contributed by atoms with van der Waals surface area (Å²) in [4.78, 5) is 16.9. The van der Waals surface area contributed by atoms with Crippen molar-refractivity contribution in [1.29, 1.82) is 0 Å². The van der Waals surface area contributed by atoms with Crippen LogP contribution in [0.1, 0.15) is 16.3 Å². The molecule has 2 aromatic rings. The first-order chi connectivity index (χ1) is 9.08. The van der Waals surface area contributed by atoms with Crippen molar-refractivity contribution in [2.75, 3.05) is 24.3 Å². The van der Waals surface area contributed by atoms with Crippen molar-refractivity contribution in [2.24, 2.45) is 0 Å². The molecule has 0 amide bonds. The number of aromatic nitrogens is 1. The lowest BCUT2D eigenvalue weighted by atomic mass is 10.3. The number of nitrogens with zero attached hydrogens (tertiary/aromatic N) is 2. The molecule has 2 heterocycles. The van der Waals surface area contributed by atoms with E-state index < -0.39 is 5.97 Å². The van der Waals surface area contributed by atoms with Crippen LogP contribution < -0.4 is 10.2 Å². The molecule has 0 unspecified atom stereocenters. The fourth-order valence-electron chi connectivity index (χ4n) is 1.66. The Kier molecular flexibility index (Phi) is 3.70. The Bertz CT molecular complexity index is 578. The predicted octanol–water partition coefficient (Wildman–Crippen LogP) is 2.05. The van der Waals surface area contributed by atoms with Gasteiger partial charge in [-0.2, -0.15) is 0 Å². The minimum atomic E-state index is -1.07. The van der Waals surface area contributed by atoms with Gasteiger partial charge in [0.1, 0.15) is 5.76 Å². The van der Waals surface area contributed by atoms with Gasteiger partial charge in [0.25, 0.3) is 0 Å². The highest BCUT2D eigenvalue weighted by atomic mass is 16.4. The van der Waals surface area contributed by atoms with Crippen molar-refractivity contribution in [3.63, 3.8) is 0 Å². The summed E-state index contributed by atoms with van der Waals surface area (Å²) >= 11 is 0. The van der Waals surface area contributed by atoms with E-state index in [2.05, 4.69) is 10.3 Å². The Balaban J connectivity index is 2.08. The molecule has 0 spiro atoms. The van der Waals surface area contributed by atoms with Gasteiger partial charge in [-0.25, -0.2) is 9.78 Å². The second-order valence-electron chi connectivity index (χ2n) is 4.19. The van der Waals surface area contributed by atoms with Gasteiger partial charge in [-0.3, -0.25) is 0 Å². The lowest BCUT2D eigenvalue weighted by Gasteiger charge is -2.16. The van der Waals surface area contributed by atoms with Gasteiger partial charge >= 0.3 is 5.97 Å². The highest BCUT2D eigenvalue weighted by Gasteiger charge is 2.10. The number of anilines is 2. The Morgan fingerprint density at radius 2 is 2.21 bits per heavy atom. The fraction of sp³-hybridized carbons (Fsp3) is 0.231. The first-order valence-electron chi connectivity index (χ1n) is 5.76. The van der Waals surface area contributed by atoms with Crippen molar-refractivity contribution in [3.8, 4) is 0 Å². The standard InChI is InChI=1S/C13H15N3O3/c1-16(2)12-10(4-3-7-14-12)15-8-9-5-6-11(19-9)13(17)18/h3-7,15H,8H2,1-2H3,(H,17,18). The molecule has 0 fully saturated rings. The quantitative estimate of drug-likeness (QED) is 0.857. The monoisotopic (exact) mass is 261 g/mol. The van der Waals surface area contributed by atoms with Crippen molar-refractivity contribution < 1.29 is 14.3 Å². The zero-order valence-corrected chi connectivity index (χ0v) is 10.8. The summed E-state index contributed by atoms with van der Waals surface area (Å²) in [6.07, 6.45) is 1.72. The number of carbonyl (C=O) groups is 1. The van der Waals surface area contributed by atoms with Crippen LogP contribution in [-0.4, -0.2) is 30.2 Å². The van der Waals surface area contributed by atoms with Gasteiger partial charge in [0.2, 0.25) is 5.76 Å². The lowest BCUT2D eigenvalue weighted by molar-refractivity contribution is 0.0660. The number of aromatic carboxylic acids is 1. The van der Waals surface area contributed by atoms with Crippen LogP contribution in [-0.2, 0) is 6.54 Å². The number of furan rings is 1. The third-order valence-corrected chi connectivity index (χ3v) is 2.54. The third kappa shape index (κ3) is 3.04. The predicted molar refractivity (Wildman–Crippen MR) is 71.6 cm³/mol. The summed E-state index contributed by atoms with van der Waals surface area (Å²) in [5.41, 5.74) is 0.862. The Labute approximate surface area is 110 Å². The highest BCUT2D eigenvalue weighted by molar-refractivity contribution is 5.84. The van der Waals surface area contributed by atoms with E-state index >= 15 is 0 Å². The molecule has 2 N–H and O–H groups in total. The Hall–Kier alpha value is -2.50. The minimum absolute atomic E-state index is 0.0594. The van der Waals surface area contributed by atoms with Gasteiger partial charge < -0.3 is 19.7 Å². The van der Waals surface area contributed by atoms with E-state index in [1.807, 2.05) is 31.1 Å². The van der Waals surface area contributed by atoms with Crippen molar-refractivity contribution in [2.45, 2.75) is 6.54 Å². The number of carboxylic acids is 1. The van der Waals surface area contributed by atoms with Crippen LogP contribution >= 0.6 is 0 Å². The van der Waals surface area contributed by atoms with Crippen LogP contribution in [0.15, 0.2) is 34.9 Å². The minimum Gasteiger partial charge on any atom is -0.475 e. The first-order valence-corrected chi connectivity index (χ1v) is 5.76. The summed E-state index contributed by atoms with van der Waals surface area (Å²) in [5.74, 6) is 0.246. The third-order valence-electron chi connectivity index (χ3n) is 2.54. The molecule has 0 saturated heterocycles. The number of hydrogen-bond donors (Lipinski definition) is 2. The fourth-order valence-corrected chi connectivity index (χ4v) is 1.66. The van der Waals surface area contributed by atoms with E-state index in [9.17, 15) is 4.79 Å². The maximum atomic E-state index is 10.7. The molecule has 2 aromatic heterocycles. The SMILES string of the molecule is CN(C)c1ncccc1NCc1ccc(C(=O)O)o1. The van der Waals surface area contributed by atoms with E-state index in [-0.39, 0.29) is 5.76 Å². The second kappa shape index (κ2) is 5.43. The molecule has 2 rings (SSSR count). The smallest absolute Gasteiger partial charge is 0.371 e. The molecule has 0 aromatic carbocycles. The van der Waals surface area contributed by atoms with E-state index in [1.165, 1.54) is 6.07 Å². The van der Waals surface area contributed by atoms with E-state index in [4.69, 9.17) is 9.52 Å². The zero-order valence-electron chi connectivity index (χ0n) is 10.8. The van der Waals surface area contributed by atoms with E-state index in [0.29, 0.717) is 12.3 Å².